The number of rotatable bonds is 0. The zero-order chi connectivity index (χ0) is 12.8. The Morgan fingerprint density at radius 1 is 1.17 bits per heavy atom. The van der Waals surface area contributed by atoms with Crippen LogP contribution in [0.1, 0.15) is 37.6 Å². The molecule has 0 atom stereocenters. The van der Waals surface area contributed by atoms with Crippen LogP contribution in [0, 0.1) is 0 Å². The van der Waals surface area contributed by atoms with Gasteiger partial charge in [-0.05, 0) is 37.6 Å². The molecule has 0 fully saturated rings. The SMILES string of the molecule is CC(C)(C)c1noc2c3c(ccc12)CCNCC3. The Hall–Kier alpha value is -1.35. The molecule has 1 aliphatic heterocycles. The molecule has 3 rings (SSSR count). The summed E-state index contributed by atoms with van der Waals surface area (Å²) in [4.78, 5) is 0. The van der Waals surface area contributed by atoms with Gasteiger partial charge in [0.15, 0.2) is 5.58 Å². The molecule has 0 bridgehead atoms. The highest BCUT2D eigenvalue weighted by Crippen LogP contribution is 2.32. The van der Waals surface area contributed by atoms with E-state index < -0.39 is 0 Å². The predicted octanol–water partition coefficient (Wildman–Crippen LogP) is 2.81. The first-order valence-electron chi connectivity index (χ1n) is 6.69. The van der Waals surface area contributed by atoms with E-state index in [1.54, 1.807) is 0 Å². The molecule has 0 radical (unpaired) electrons. The number of benzene rings is 1. The number of nitrogens with zero attached hydrogens (tertiary/aromatic N) is 1. The van der Waals surface area contributed by atoms with Crippen molar-refractivity contribution in [2.45, 2.75) is 39.0 Å². The van der Waals surface area contributed by atoms with Crippen molar-refractivity contribution in [3.8, 4) is 0 Å². The van der Waals surface area contributed by atoms with Gasteiger partial charge >= 0.3 is 0 Å². The second kappa shape index (κ2) is 4.09. The molecule has 96 valence electrons. The highest BCUT2D eigenvalue weighted by atomic mass is 16.5. The molecule has 0 amide bonds. The van der Waals surface area contributed by atoms with E-state index in [4.69, 9.17) is 4.52 Å². The van der Waals surface area contributed by atoms with Crippen molar-refractivity contribution >= 4 is 11.0 Å². The van der Waals surface area contributed by atoms with E-state index in [-0.39, 0.29) is 5.41 Å². The van der Waals surface area contributed by atoms with Gasteiger partial charge in [-0.2, -0.15) is 0 Å². The summed E-state index contributed by atoms with van der Waals surface area (Å²) in [5.41, 5.74) is 4.85. The van der Waals surface area contributed by atoms with E-state index in [1.165, 1.54) is 16.5 Å². The Balaban J connectivity index is 2.22. The summed E-state index contributed by atoms with van der Waals surface area (Å²) >= 11 is 0. The monoisotopic (exact) mass is 244 g/mol. The lowest BCUT2D eigenvalue weighted by Gasteiger charge is -2.14. The van der Waals surface area contributed by atoms with Crippen molar-refractivity contribution in [2.75, 3.05) is 13.1 Å². The summed E-state index contributed by atoms with van der Waals surface area (Å²) in [5.74, 6) is 0. The number of hydrogen-bond acceptors (Lipinski definition) is 3. The third-order valence-corrected chi connectivity index (χ3v) is 3.67. The highest BCUT2D eigenvalue weighted by Gasteiger charge is 2.24. The van der Waals surface area contributed by atoms with Gasteiger partial charge in [0.1, 0.15) is 0 Å². The van der Waals surface area contributed by atoms with E-state index in [2.05, 4.69) is 43.4 Å². The standard InChI is InChI=1S/C15H20N2O/c1-15(2,3)14-12-5-4-10-6-8-16-9-7-11(10)13(12)18-17-14/h4-5,16H,6-9H2,1-3H3. The number of nitrogens with one attached hydrogen (secondary N) is 1. The Kier molecular flexibility index (Phi) is 2.67. The van der Waals surface area contributed by atoms with Gasteiger partial charge in [-0.1, -0.05) is 32.0 Å². The van der Waals surface area contributed by atoms with Crippen LogP contribution in [0.3, 0.4) is 0 Å². The van der Waals surface area contributed by atoms with Crippen molar-refractivity contribution in [1.82, 2.24) is 10.5 Å². The molecule has 1 aliphatic rings. The van der Waals surface area contributed by atoms with Crippen LogP contribution in [0.5, 0.6) is 0 Å². The first-order valence-corrected chi connectivity index (χ1v) is 6.69. The minimum atomic E-state index is 0.0302. The van der Waals surface area contributed by atoms with Gasteiger partial charge in [0, 0.05) is 16.4 Å². The maximum Gasteiger partial charge on any atom is 0.170 e. The second-order valence-electron chi connectivity index (χ2n) is 6.11. The molecule has 1 aromatic carbocycles. The summed E-state index contributed by atoms with van der Waals surface area (Å²) in [7, 11) is 0. The smallest absolute Gasteiger partial charge is 0.170 e. The molecule has 0 saturated carbocycles. The number of fused-ring (bicyclic) bond motifs is 3. The van der Waals surface area contributed by atoms with Crippen molar-refractivity contribution < 1.29 is 4.52 Å². The number of aromatic nitrogens is 1. The van der Waals surface area contributed by atoms with E-state index in [0.29, 0.717) is 0 Å². The Bertz CT molecular complexity index is 578. The average Bonchev–Trinajstić information content (AvgIpc) is 2.60. The molecule has 2 heterocycles. The fraction of sp³-hybridized carbons (Fsp3) is 0.533. The zero-order valence-electron chi connectivity index (χ0n) is 11.3. The van der Waals surface area contributed by atoms with E-state index in [0.717, 1.165) is 37.2 Å². The summed E-state index contributed by atoms with van der Waals surface area (Å²) in [6, 6.07) is 4.42. The van der Waals surface area contributed by atoms with Gasteiger partial charge in [-0.15, -0.1) is 0 Å². The van der Waals surface area contributed by atoms with Crippen LogP contribution < -0.4 is 5.32 Å². The summed E-state index contributed by atoms with van der Waals surface area (Å²) in [6.07, 6.45) is 2.11. The van der Waals surface area contributed by atoms with E-state index in [1.807, 2.05) is 0 Å². The lowest BCUT2D eigenvalue weighted by Crippen LogP contribution is -2.16. The van der Waals surface area contributed by atoms with Crippen molar-refractivity contribution in [2.24, 2.45) is 0 Å². The largest absolute Gasteiger partial charge is 0.356 e. The molecular weight excluding hydrogens is 224 g/mol. The van der Waals surface area contributed by atoms with Crippen molar-refractivity contribution in [3.05, 3.63) is 29.0 Å². The molecule has 0 aliphatic carbocycles. The Morgan fingerprint density at radius 3 is 2.72 bits per heavy atom. The third-order valence-electron chi connectivity index (χ3n) is 3.67. The van der Waals surface area contributed by atoms with E-state index >= 15 is 0 Å². The molecular formula is C15H20N2O. The maximum absolute atomic E-state index is 5.65. The summed E-state index contributed by atoms with van der Waals surface area (Å²) in [5, 5.41) is 8.93. The Labute approximate surface area is 108 Å². The van der Waals surface area contributed by atoms with Crippen molar-refractivity contribution in [1.29, 1.82) is 0 Å². The van der Waals surface area contributed by atoms with Gasteiger partial charge in [0.25, 0.3) is 0 Å². The van der Waals surface area contributed by atoms with Crippen LogP contribution in [-0.4, -0.2) is 18.2 Å². The molecule has 2 aromatic rings. The van der Waals surface area contributed by atoms with Crippen LogP contribution in [0.25, 0.3) is 11.0 Å². The lowest BCUT2D eigenvalue weighted by molar-refractivity contribution is 0.418. The Morgan fingerprint density at radius 2 is 1.94 bits per heavy atom. The highest BCUT2D eigenvalue weighted by molar-refractivity contribution is 5.84. The number of hydrogen-bond donors (Lipinski definition) is 1. The molecule has 0 unspecified atom stereocenters. The quantitative estimate of drug-likeness (QED) is 0.774. The van der Waals surface area contributed by atoms with Crippen LogP contribution >= 0.6 is 0 Å². The molecule has 0 saturated heterocycles. The van der Waals surface area contributed by atoms with Crippen LogP contribution in [0.4, 0.5) is 0 Å². The van der Waals surface area contributed by atoms with Gasteiger partial charge < -0.3 is 9.84 Å². The minimum absolute atomic E-state index is 0.0302. The van der Waals surface area contributed by atoms with Gasteiger partial charge in [-0.3, -0.25) is 0 Å². The molecule has 3 nitrogen and oxygen atoms in total. The third kappa shape index (κ3) is 1.83. The topological polar surface area (TPSA) is 38.1 Å². The lowest BCUT2D eigenvalue weighted by atomic mass is 9.88. The second-order valence-corrected chi connectivity index (χ2v) is 6.11. The van der Waals surface area contributed by atoms with Crippen LogP contribution in [-0.2, 0) is 18.3 Å². The van der Waals surface area contributed by atoms with Crippen LogP contribution in [0.15, 0.2) is 16.7 Å². The maximum atomic E-state index is 5.65. The first kappa shape index (κ1) is 11.7. The molecule has 0 spiro atoms. The van der Waals surface area contributed by atoms with Crippen molar-refractivity contribution in [3.63, 3.8) is 0 Å². The average molecular weight is 244 g/mol. The zero-order valence-corrected chi connectivity index (χ0v) is 11.3. The van der Waals surface area contributed by atoms with Gasteiger partial charge in [-0.25, -0.2) is 0 Å². The van der Waals surface area contributed by atoms with Gasteiger partial charge in [0.2, 0.25) is 0 Å². The summed E-state index contributed by atoms with van der Waals surface area (Å²) < 4.78 is 5.65. The molecule has 1 N–H and O–H groups in total. The normalized spacial score (nSPS) is 16.6. The fourth-order valence-corrected chi connectivity index (χ4v) is 2.71. The van der Waals surface area contributed by atoms with E-state index in [9.17, 15) is 0 Å². The molecule has 3 heteroatoms. The van der Waals surface area contributed by atoms with Crippen LogP contribution in [0.2, 0.25) is 0 Å². The fourth-order valence-electron chi connectivity index (χ4n) is 2.71. The predicted molar refractivity (Wildman–Crippen MR) is 73.0 cm³/mol. The molecule has 18 heavy (non-hydrogen) atoms. The molecule has 1 aromatic heterocycles. The first-order chi connectivity index (χ1) is 8.57. The minimum Gasteiger partial charge on any atom is -0.356 e. The summed E-state index contributed by atoms with van der Waals surface area (Å²) in [6.45, 7) is 8.61. The van der Waals surface area contributed by atoms with Gasteiger partial charge in [0.05, 0.1) is 5.69 Å².